The van der Waals surface area contributed by atoms with Crippen LogP contribution in [0.15, 0.2) is 77.7 Å². The molecule has 0 bridgehead atoms. The van der Waals surface area contributed by atoms with Gasteiger partial charge in [-0.25, -0.2) is 0 Å². The van der Waals surface area contributed by atoms with Crippen LogP contribution in [0.3, 0.4) is 0 Å². The quantitative estimate of drug-likeness (QED) is 0.211. The second-order valence-electron chi connectivity index (χ2n) is 7.55. The van der Waals surface area contributed by atoms with Crippen LogP contribution in [-0.2, 0) is 9.59 Å². The number of nitro groups is 1. The zero-order valence-corrected chi connectivity index (χ0v) is 19.9. The largest absolute Gasteiger partial charge is 0.326 e. The van der Waals surface area contributed by atoms with E-state index < -0.39 is 10.8 Å². The third-order valence-corrected chi connectivity index (χ3v) is 6.20. The summed E-state index contributed by atoms with van der Waals surface area (Å²) in [6.07, 6.45) is 0.583. The molecule has 3 N–H and O–H groups in total. The molecular weight excluding hydrogens is 468 g/mol. The van der Waals surface area contributed by atoms with Gasteiger partial charge in [0.25, 0.3) is 11.6 Å². The van der Waals surface area contributed by atoms with Crippen molar-refractivity contribution in [2.45, 2.75) is 30.4 Å². The summed E-state index contributed by atoms with van der Waals surface area (Å²) in [6, 6.07) is 19.3. The molecule has 0 saturated heterocycles. The minimum Gasteiger partial charge on any atom is -0.326 e. The highest BCUT2D eigenvalue weighted by molar-refractivity contribution is 8.00. The number of benzene rings is 3. The summed E-state index contributed by atoms with van der Waals surface area (Å²) in [5, 5.41) is 18.7. The molecule has 0 heterocycles. The molecule has 10 heteroatoms. The Kier molecular flexibility index (Phi) is 8.58. The monoisotopic (exact) mass is 492 g/mol. The summed E-state index contributed by atoms with van der Waals surface area (Å²) in [5.74, 6) is -0.727. The minimum absolute atomic E-state index is 0.0903. The van der Waals surface area contributed by atoms with E-state index in [0.717, 1.165) is 4.90 Å². The normalized spacial score (nSPS) is 11.3. The maximum atomic E-state index is 12.8. The topological polar surface area (TPSA) is 130 Å². The molecule has 0 saturated carbocycles. The summed E-state index contributed by atoms with van der Waals surface area (Å²) in [5.41, 5.74) is 2.01. The van der Waals surface area contributed by atoms with Gasteiger partial charge in [0.1, 0.15) is 0 Å². The SMILES string of the molecule is CCC(Sc1cccc(NC(=O)c2ccc([N+](=O)[O-])cc2)c1)C(=O)Nc1ccc(NC(C)=O)cc1. The molecule has 35 heavy (non-hydrogen) atoms. The Morgan fingerprint density at radius 1 is 0.886 bits per heavy atom. The predicted molar refractivity (Wildman–Crippen MR) is 137 cm³/mol. The lowest BCUT2D eigenvalue weighted by molar-refractivity contribution is -0.384. The van der Waals surface area contributed by atoms with E-state index in [1.807, 2.05) is 13.0 Å². The Bertz CT molecular complexity index is 1230. The lowest BCUT2D eigenvalue weighted by Gasteiger charge is -2.16. The maximum absolute atomic E-state index is 12.8. The van der Waals surface area contributed by atoms with E-state index in [1.165, 1.54) is 43.0 Å². The van der Waals surface area contributed by atoms with Crippen molar-refractivity contribution in [3.8, 4) is 0 Å². The number of amides is 3. The lowest BCUT2D eigenvalue weighted by Crippen LogP contribution is -2.24. The molecule has 0 radical (unpaired) electrons. The Morgan fingerprint density at radius 2 is 1.51 bits per heavy atom. The highest BCUT2D eigenvalue weighted by Gasteiger charge is 2.19. The number of non-ortho nitro benzene ring substituents is 1. The second-order valence-corrected chi connectivity index (χ2v) is 8.82. The summed E-state index contributed by atoms with van der Waals surface area (Å²) < 4.78 is 0. The Labute approximate surface area is 206 Å². The van der Waals surface area contributed by atoms with Gasteiger partial charge in [-0.2, -0.15) is 0 Å². The first-order valence-electron chi connectivity index (χ1n) is 10.8. The fraction of sp³-hybridized carbons (Fsp3) is 0.160. The molecule has 3 amide bonds. The van der Waals surface area contributed by atoms with E-state index in [1.54, 1.807) is 42.5 Å². The van der Waals surface area contributed by atoms with Gasteiger partial charge in [0.15, 0.2) is 0 Å². The van der Waals surface area contributed by atoms with Crippen LogP contribution >= 0.6 is 11.8 Å². The lowest BCUT2D eigenvalue weighted by atomic mass is 10.2. The van der Waals surface area contributed by atoms with Crippen molar-refractivity contribution in [3.63, 3.8) is 0 Å². The van der Waals surface area contributed by atoms with Gasteiger partial charge in [0.2, 0.25) is 11.8 Å². The Hall–Kier alpha value is -4.18. The smallest absolute Gasteiger partial charge is 0.269 e. The minimum atomic E-state index is -0.524. The van der Waals surface area contributed by atoms with Crippen LogP contribution in [0.25, 0.3) is 0 Å². The van der Waals surface area contributed by atoms with E-state index in [-0.39, 0.29) is 22.8 Å². The van der Waals surface area contributed by atoms with E-state index in [4.69, 9.17) is 0 Å². The molecule has 1 unspecified atom stereocenters. The molecule has 9 nitrogen and oxygen atoms in total. The molecule has 0 spiro atoms. The van der Waals surface area contributed by atoms with Crippen molar-refractivity contribution in [1.29, 1.82) is 0 Å². The van der Waals surface area contributed by atoms with E-state index in [2.05, 4.69) is 16.0 Å². The van der Waals surface area contributed by atoms with Gasteiger partial charge in [-0.15, -0.1) is 11.8 Å². The number of carbonyl (C=O) groups is 3. The molecule has 0 aliphatic heterocycles. The van der Waals surface area contributed by atoms with Crippen LogP contribution in [0.5, 0.6) is 0 Å². The van der Waals surface area contributed by atoms with Gasteiger partial charge in [-0.3, -0.25) is 24.5 Å². The molecule has 1 atom stereocenters. The summed E-state index contributed by atoms with van der Waals surface area (Å²) in [7, 11) is 0. The van der Waals surface area contributed by atoms with Crippen molar-refractivity contribution in [2.75, 3.05) is 16.0 Å². The van der Waals surface area contributed by atoms with E-state index >= 15 is 0 Å². The van der Waals surface area contributed by atoms with Crippen LogP contribution in [0.4, 0.5) is 22.7 Å². The number of thioether (sulfide) groups is 1. The molecule has 0 aliphatic rings. The number of nitrogens with zero attached hydrogens (tertiary/aromatic N) is 1. The number of rotatable bonds is 9. The van der Waals surface area contributed by atoms with Gasteiger partial charge in [-0.1, -0.05) is 13.0 Å². The Morgan fingerprint density at radius 3 is 2.09 bits per heavy atom. The molecule has 180 valence electrons. The number of anilines is 3. The van der Waals surface area contributed by atoms with Crippen LogP contribution in [-0.4, -0.2) is 27.9 Å². The summed E-state index contributed by atoms with van der Waals surface area (Å²) in [6.45, 7) is 3.34. The number of nitro benzene ring substituents is 1. The van der Waals surface area contributed by atoms with Crippen molar-refractivity contribution in [3.05, 3.63) is 88.5 Å². The number of carbonyl (C=O) groups excluding carboxylic acids is 3. The predicted octanol–water partition coefficient (Wildman–Crippen LogP) is 5.31. The molecule has 0 aliphatic carbocycles. The fourth-order valence-corrected chi connectivity index (χ4v) is 4.15. The first kappa shape index (κ1) is 25.4. The first-order chi connectivity index (χ1) is 16.7. The van der Waals surface area contributed by atoms with E-state index in [9.17, 15) is 24.5 Å². The van der Waals surface area contributed by atoms with Crippen molar-refractivity contribution >= 4 is 52.2 Å². The third-order valence-electron chi connectivity index (χ3n) is 4.85. The maximum Gasteiger partial charge on any atom is 0.269 e. The molecule has 3 aromatic carbocycles. The van der Waals surface area contributed by atoms with Gasteiger partial charge in [0.05, 0.1) is 10.2 Å². The van der Waals surface area contributed by atoms with Gasteiger partial charge >= 0.3 is 0 Å². The van der Waals surface area contributed by atoms with Gasteiger partial charge in [0, 0.05) is 46.6 Å². The van der Waals surface area contributed by atoms with Gasteiger partial charge in [-0.05, 0) is 61.0 Å². The highest BCUT2D eigenvalue weighted by atomic mass is 32.2. The molecule has 0 aromatic heterocycles. The van der Waals surface area contributed by atoms with Crippen molar-refractivity contribution in [1.82, 2.24) is 0 Å². The molecule has 3 aromatic rings. The van der Waals surface area contributed by atoms with Crippen molar-refractivity contribution in [2.24, 2.45) is 0 Å². The zero-order valence-electron chi connectivity index (χ0n) is 19.1. The zero-order chi connectivity index (χ0) is 25.4. The second kappa shape index (κ2) is 11.8. The number of hydrogen-bond acceptors (Lipinski definition) is 6. The molecule has 3 rings (SSSR count). The number of hydrogen-bond donors (Lipinski definition) is 3. The van der Waals surface area contributed by atoms with Gasteiger partial charge < -0.3 is 16.0 Å². The molecule has 0 fully saturated rings. The van der Waals surface area contributed by atoms with E-state index in [0.29, 0.717) is 29.0 Å². The Balaban J connectivity index is 1.62. The number of nitrogens with one attached hydrogen (secondary N) is 3. The average Bonchev–Trinajstić information content (AvgIpc) is 2.83. The fourth-order valence-electron chi connectivity index (χ4n) is 3.13. The van der Waals surface area contributed by atoms with Crippen molar-refractivity contribution < 1.29 is 19.3 Å². The summed E-state index contributed by atoms with van der Waals surface area (Å²) >= 11 is 1.37. The summed E-state index contributed by atoms with van der Waals surface area (Å²) in [4.78, 5) is 47.5. The third kappa shape index (κ3) is 7.41. The highest BCUT2D eigenvalue weighted by Crippen LogP contribution is 2.29. The van der Waals surface area contributed by atoms with Crippen LogP contribution in [0.2, 0.25) is 0 Å². The van der Waals surface area contributed by atoms with Crippen LogP contribution in [0, 0.1) is 10.1 Å². The van der Waals surface area contributed by atoms with Crippen LogP contribution in [0.1, 0.15) is 30.6 Å². The average molecular weight is 493 g/mol. The standard InChI is InChI=1S/C25H24N4O5S/c1-3-23(25(32)27-19-11-9-18(10-12-19)26-16(2)30)35-22-6-4-5-20(15-22)28-24(31)17-7-13-21(14-8-17)29(33)34/h4-15,23H,3H2,1-2H3,(H,26,30)(H,27,32)(H,28,31). The van der Waals surface area contributed by atoms with Crippen LogP contribution < -0.4 is 16.0 Å². The first-order valence-corrected chi connectivity index (χ1v) is 11.6. The molecular formula is C25H24N4O5S.